The summed E-state index contributed by atoms with van der Waals surface area (Å²) in [7, 11) is 0. The van der Waals surface area contributed by atoms with E-state index in [2.05, 4.69) is 16.9 Å². The normalized spacial score (nSPS) is 18.1. The molecule has 98 valence electrons. The summed E-state index contributed by atoms with van der Waals surface area (Å²) in [6, 6.07) is 1.99. The molecular formula is C15H18N4. The van der Waals surface area contributed by atoms with E-state index in [-0.39, 0.29) is 0 Å². The van der Waals surface area contributed by atoms with Crippen molar-refractivity contribution in [3.63, 3.8) is 0 Å². The van der Waals surface area contributed by atoms with E-state index >= 15 is 0 Å². The molecule has 0 saturated heterocycles. The van der Waals surface area contributed by atoms with Gasteiger partial charge in [-0.25, -0.2) is 9.97 Å². The Morgan fingerprint density at radius 2 is 2.26 bits per heavy atom. The van der Waals surface area contributed by atoms with Gasteiger partial charge < -0.3 is 5.73 Å². The average Bonchev–Trinajstić information content (AvgIpc) is 2.46. The Hall–Kier alpha value is -1.81. The molecule has 0 radical (unpaired) electrons. The van der Waals surface area contributed by atoms with Gasteiger partial charge in [0.1, 0.15) is 0 Å². The van der Waals surface area contributed by atoms with E-state index in [0.717, 1.165) is 42.8 Å². The molecule has 2 N–H and O–H groups in total. The number of pyridine rings is 1. The summed E-state index contributed by atoms with van der Waals surface area (Å²) in [4.78, 5) is 13.4. The van der Waals surface area contributed by atoms with Crippen molar-refractivity contribution >= 4 is 0 Å². The fourth-order valence-corrected chi connectivity index (χ4v) is 2.61. The number of nitrogens with zero attached hydrogens (tertiary/aromatic N) is 3. The molecule has 4 heteroatoms. The lowest BCUT2D eigenvalue weighted by atomic mass is 9.87. The molecule has 1 aliphatic carbocycles. The fraction of sp³-hybridized carbons (Fsp3) is 0.400. The minimum atomic E-state index is 0.585. The quantitative estimate of drug-likeness (QED) is 0.889. The van der Waals surface area contributed by atoms with Crippen LogP contribution in [0.5, 0.6) is 0 Å². The number of hydrogen-bond acceptors (Lipinski definition) is 4. The van der Waals surface area contributed by atoms with Gasteiger partial charge in [-0.1, -0.05) is 0 Å². The molecule has 0 aliphatic heterocycles. The zero-order valence-corrected chi connectivity index (χ0v) is 11.1. The maximum Gasteiger partial charge on any atom is 0.161 e. The number of rotatable bonds is 2. The van der Waals surface area contributed by atoms with Gasteiger partial charge in [0.25, 0.3) is 0 Å². The summed E-state index contributed by atoms with van der Waals surface area (Å²) < 4.78 is 0. The number of fused-ring (bicyclic) bond motifs is 1. The predicted molar refractivity (Wildman–Crippen MR) is 74.6 cm³/mol. The maximum atomic E-state index is 5.75. The molecule has 0 bridgehead atoms. The van der Waals surface area contributed by atoms with Crippen LogP contribution in [0.3, 0.4) is 0 Å². The Balaban J connectivity index is 1.97. The average molecular weight is 254 g/mol. The molecule has 19 heavy (non-hydrogen) atoms. The monoisotopic (exact) mass is 254 g/mol. The van der Waals surface area contributed by atoms with E-state index in [0.29, 0.717) is 5.92 Å². The fourth-order valence-electron chi connectivity index (χ4n) is 2.61. The number of aromatic nitrogens is 3. The first kappa shape index (κ1) is 12.2. The molecule has 4 nitrogen and oxygen atoms in total. The highest BCUT2D eigenvalue weighted by molar-refractivity contribution is 5.58. The molecule has 2 aromatic heterocycles. The zero-order valence-electron chi connectivity index (χ0n) is 11.1. The third-order valence-corrected chi connectivity index (χ3v) is 3.87. The van der Waals surface area contributed by atoms with Crippen LogP contribution in [0.15, 0.2) is 24.7 Å². The molecule has 2 heterocycles. The third-order valence-electron chi connectivity index (χ3n) is 3.87. The largest absolute Gasteiger partial charge is 0.330 e. The molecule has 2 aromatic rings. The number of nitrogens with two attached hydrogens (primary N) is 1. The molecule has 1 aliphatic rings. The first-order valence-electron chi connectivity index (χ1n) is 6.73. The lowest BCUT2D eigenvalue weighted by molar-refractivity contribution is 0.462. The summed E-state index contributed by atoms with van der Waals surface area (Å²) in [5.41, 5.74) is 10.4. The molecule has 1 unspecified atom stereocenters. The van der Waals surface area contributed by atoms with Crippen LogP contribution in [-0.2, 0) is 12.8 Å². The van der Waals surface area contributed by atoms with Gasteiger partial charge in [-0.3, -0.25) is 4.98 Å². The number of hydrogen-bond donors (Lipinski definition) is 1. The Bertz CT molecular complexity index is 594. The Labute approximate surface area is 113 Å². The molecule has 0 aromatic carbocycles. The van der Waals surface area contributed by atoms with Crippen molar-refractivity contribution in [1.82, 2.24) is 15.0 Å². The van der Waals surface area contributed by atoms with Crippen molar-refractivity contribution in [3.8, 4) is 11.4 Å². The SMILES string of the molecule is Cc1ccncc1-c1ncc2c(n1)CCC(CN)C2. The highest BCUT2D eigenvalue weighted by Crippen LogP contribution is 2.26. The van der Waals surface area contributed by atoms with Crippen LogP contribution in [0.4, 0.5) is 0 Å². The van der Waals surface area contributed by atoms with E-state index in [1.54, 1.807) is 6.20 Å². The van der Waals surface area contributed by atoms with Gasteiger partial charge in [0, 0.05) is 29.8 Å². The van der Waals surface area contributed by atoms with Crippen molar-refractivity contribution in [3.05, 3.63) is 41.5 Å². The van der Waals surface area contributed by atoms with Gasteiger partial charge in [-0.2, -0.15) is 0 Å². The van der Waals surface area contributed by atoms with Gasteiger partial charge in [-0.15, -0.1) is 0 Å². The predicted octanol–water partition coefficient (Wildman–Crippen LogP) is 1.91. The maximum absolute atomic E-state index is 5.75. The molecule has 0 saturated carbocycles. The van der Waals surface area contributed by atoms with Crippen molar-refractivity contribution in [2.24, 2.45) is 11.7 Å². The third kappa shape index (κ3) is 2.36. The van der Waals surface area contributed by atoms with Crippen LogP contribution in [0.2, 0.25) is 0 Å². The standard InChI is InChI=1S/C15H18N4/c1-10-4-5-17-9-13(10)15-18-8-12-6-11(7-16)2-3-14(12)19-15/h4-5,8-9,11H,2-3,6-7,16H2,1H3. The molecule has 0 spiro atoms. The highest BCUT2D eigenvalue weighted by Gasteiger charge is 2.19. The minimum absolute atomic E-state index is 0.585. The number of aryl methyl sites for hydroxylation is 2. The second kappa shape index (κ2) is 5.05. The molecule has 1 atom stereocenters. The molecule has 0 fully saturated rings. The van der Waals surface area contributed by atoms with Crippen molar-refractivity contribution in [1.29, 1.82) is 0 Å². The Morgan fingerprint density at radius 3 is 3.05 bits per heavy atom. The van der Waals surface area contributed by atoms with Crippen LogP contribution in [-0.4, -0.2) is 21.5 Å². The summed E-state index contributed by atoms with van der Waals surface area (Å²) >= 11 is 0. The molecule has 3 rings (SSSR count). The first-order chi connectivity index (χ1) is 9.28. The summed E-state index contributed by atoms with van der Waals surface area (Å²) in [5, 5.41) is 0. The van der Waals surface area contributed by atoms with E-state index < -0.39 is 0 Å². The smallest absolute Gasteiger partial charge is 0.161 e. The summed E-state index contributed by atoms with van der Waals surface area (Å²) in [5.74, 6) is 1.37. The van der Waals surface area contributed by atoms with Crippen molar-refractivity contribution in [2.75, 3.05) is 6.54 Å². The van der Waals surface area contributed by atoms with Crippen LogP contribution in [0.25, 0.3) is 11.4 Å². The van der Waals surface area contributed by atoms with E-state index in [4.69, 9.17) is 10.7 Å². The molecule has 0 amide bonds. The Morgan fingerprint density at radius 1 is 1.37 bits per heavy atom. The lowest BCUT2D eigenvalue weighted by Gasteiger charge is -2.22. The summed E-state index contributed by atoms with van der Waals surface area (Å²) in [6.45, 7) is 2.81. The molecular weight excluding hydrogens is 236 g/mol. The van der Waals surface area contributed by atoms with E-state index in [1.807, 2.05) is 18.5 Å². The van der Waals surface area contributed by atoms with Crippen LogP contribution < -0.4 is 5.73 Å². The van der Waals surface area contributed by atoms with Gasteiger partial charge in [-0.05, 0) is 55.8 Å². The second-order valence-electron chi connectivity index (χ2n) is 5.20. The topological polar surface area (TPSA) is 64.7 Å². The van der Waals surface area contributed by atoms with Crippen molar-refractivity contribution in [2.45, 2.75) is 26.2 Å². The summed E-state index contributed by atoms with van der Waals surface area (Å²) in [6.07, 6.45) is 8.74. The zero-order chi connectivity index (χ0) is 13.2. The van der Waals surface area contributed by atoms with Gasteiger partial charge >= 0.3 is 0 Å². The van der Waals surface area contributed by atoms with E-state index in [1.165, 1.54) is 11.3 Å². The van der Waals surface area contributed by atoms with Crippen LogP contribution in [0.1, 0.15) is 23.2 Å². The van der Waals surface area contributed by atoms with Gasteiger partial charge in [0.2, 0.25) is 0 Å². The second-order valence-corrected chi connectivity index (χ2v) is 5.20. The van der Waals surface area contributed by atoms with E-state index in [9.17, 15) is 0 Å². The first-order valence-corrected chi connectivity index (χ1v) is 6.73. The van der Waals surface area contributed by atoms with Crippen molar-refractivity contribution < 1.29 is 0 Å². The Kier molecular flexibility index (Phi) is 3.25. The van der Waals surface area contributed by atoms with Crippen LogP contribution in [0, 0.1) is 12.8 Å². The van der Waals surface area contributed by atoms with Crippen LogP contribution >= 0.6 is 0 Å². The highest BCUT2D eigenvalue weighted by atomic mass is 14.9. The van der Waals surface area contributed by atoms with Gasteiger partial charge in [0.15, 0.2) is 5.82 Å². The minimum Gasteiger partial charge on any atom is -0.330 e. The van der Waals surface area contributed by atoms with Gasteiger partial charge in [0.05, 0.1) is 0 Å². The lowest BCUT2D eigenvalue weighted by Crippen LogP contribution is -2.23.